The summed E-state index contributed by atoms with van der Waals surface area (Å²) in [6.07, 6.45) is 56.6. The van der Waals surface area contributed by atoms with Crippen molar-refractivity contribution in [2.45, 2.75) is 251 Å². The number of hydrogen-bond donors (Lipinski definition) is 1. The van der Waals surface area contributed by atoms with Crippen LogP contribution in [0.5, 0.6) is 0 Å². The van der Waals surface area contributed by atoms with Crippen LogP contribution in [0.15, 0.2) is 36.5 Å². The summed E-state index contributed by atoms with van der Waals surface area (Å²) < 4.78 is 10.7. The number of aliphatic hydroxyl groups is 1. The van der Waals surface area contributed by atoms with Crippen LogP contribution in [0.3, 0.4) is 0 Å². The Bertz CT molecular complexity index is 862. The summed E-state index contributed by atoms with van der Waals surface area (Å²) in [6, 6.07) is 0. The van der Waals surface area contributed by atoms with Crippen molar-refractivity contribution >= 4 is 11.9 Å². The Morgan fingerprint density at radius 1 is 0.444 bits per heavy atom. The Labute approximate surface area is 336 Å². The summed E-state index contributed by atoms with van der Waals surface area (Å²) in [5, 5.41) is 9.60. The van der Waals surface area contributed by atoms with Gasteiger partial charge in [0.25, 0.3) is 0 Å². The minimum absolute atomic E-state index is 0.0665. The fraction of sp³-hybridized carbons (Fsp3) is 0.837. The molecule has 1 unspecified atom stereocenters. The van der Waals surface area contributed by atoms with E-state index in [2.05, 4.69) is 50.3 Å². The highest BCUT2D eigenvalue weighted by molar-refractivity contribution is 5.70. The monoisotopic (exact) mass is 759 g/mol. The van der Waals surface area contributed by atoms with E-state index in [9.17, 15) is 14.7 Å². The highest BCUT2D eigenvalue weighted by Crippen LogP contribution is 2.16. The average Bonchev–Trinajstić information content (AvgIpc) is 3.17. The topological polar surface area (TPSA) is 72.8 Å². The molecule has 0 aromatic heterocycles. The van der Waals surface area contributed by atoms with Gasteiger partial charge in [0, 0.05) is 12.8 Å². The van der Waals surface area contributed by atoms with Crippen molar-refractivity contribution in [2.24, 2.45) is 0 Å². The van der Waals surface area contributed by atoms with Crippen molar-refractivity contribution in [1.82, 2.24) is 0 Å². The standard InChI is InChI=1S/C49H90O5/c1-3-5-7-9-11-13-15-17-19-21-22-23-24-25-26-28-29-31-33-35-37-39-41-43-48(51)53-46-47(45-50)54-49(52)44-42-40-38-36-34-32-30-27-20-18-16-14-12-10-8-6-4-2/h6,8,12,14,18,20,47,50H,3-5,7,9-11,13,15-17,19,21-46H2,1-2H3/b8-6-,14-12-,20-18-. The van der Waals surface area contributed by atoms with Gasteiger partial charge in [0.15, 0.2) is 6.10 Å². The molecule has 0 radical (unpaired) electrons. The molecular formula is C49H90O5. The zero-order valence-electron chi connectivity index (χ0n) is 36.0. The average molecular weight is 759 g/mol. The molecule has 0 fully saturated rings. The number of hydrogen-bond acceptors (Lipinski definition) is 5. The molecule has 0 aliphatic rings. The Hall–Kier alpha value is -1.88. The molecule has 0 aromatic rings. The number of aliphatic hydroxyl groups excluding tert-OH is 1. The molecule has 5 nitrogen and oxygen atoms in total. The van der Waals surface area contributed by atoms with Crippen LogP contribution in [0.4, 0.5) is 0 Å². The normalized spacial score (nSPS) is 12.4. The molecule has 0 aliphatic heterocycles. The van der Waals surface area contributed by atoms with Crippen LogP contribution in [0.2, 0.25) is 0 Å². The Balaban J connectivity index is 3.47. The molecule has 0 rings (SSSR count). The van der Waals surface area contributed by atoms with E-state index in [0.717, 1.165) is 64.2 Å². The van der Waals surface area contributed by atoms with E-state index in [4.69, 9.17) is 9.47 Å². The molecule has 0 bridgehead atoms. The first-order valence-electron chi connectivity index (χ1n) is 23.5. The Kier molecular flexibility index (Phi) is 43.9. The molecule has 1 atom stereocenters. The predicted octanol–water partition coefficient (Wildman–Crippen LogP) is 15.2. The fourth-order valence-corrected chi connectivity index (χ4v) is 6.92. The largest absolute Gasteiger partial charge is 0.462 e. The number of esters is 2. The van der Waals surface area contributed by atoms with Gasteiger partial charge in [0.2, 0.25) is 0 Å². The highest BCUT2D eigenvalue weighted by atomic mass is 16.6. The van der Waals surface area contributed by atoms with Gasteiger partial charge in [-0.1, -0.05) is 224 Å². The van der Waals surface area contributed by atoms with Gasteiger partial charge in [0.1, 0.15) is 6.61 Å². The number of unbranched alkanes of at least 4 members (excludes halogenated alkanes) is 29. The van der Waals surface area contributed by atoms with Crippen molar-refractivity contribution in [3.05, 3.63) is 36.5 Å². The van der Waals surface area contributed by atoms with Crippen LogP contribution in [-0.2, 0) is 19.1 Å². The maximum Gasteiger partial charge on any atom is 0.306 e. The van der Waals surface area contributed by atoms with Crippen molar-refractivity contribution in [1.29, 1.82) is 0 Å². The summed E-state index contributed by atoms with van der Waals surface area (Å²) in [6.45, 7) is 4.05. The summed E-state index contributed by atoms with van der Waals surface area (Å²) in [5.41, 5.74) is 0. The van der Waals surface area contributed by atoms with E-state index in [1.807, 2.05) is 0 Å². The van der Waals surface area contributed by atoms with Crippen molar-refractivity contribution in [2.75, 3.05) is 13.2 Å². The van der Waals surface area contributed by atoms with Crippen LogP contribution in [0, 0.1) is 0 Å². The minimum Gasteiger partial charge on any atom is -0.462 e. The molecule has 316 valence electrons. The van der Waals surface area contributed by atoms with Gasteiger partial charge in [0.05, 0.1) is 6.61 Å². The van der Waals surface area contributed by atoms with Gasteiger partial charge in [-0.3, -0.25) is 9.59 Å². The molecular weight excluding hydrogens is 669 g/mol. The minimum atomic E-state index is -0.774. The van der Waals surface area contributed by atoms with Crippen molar-refractivity contribution < 1.29 is 24.2 Å². The van der Waals surface area contributed by atoms with Gasteiger partial charge >= 0.3 is 11.9 Å². The second kappa shape index (κ2) is 45.5. The van der Waals surface area contributed by atoms with Gasteiger partial charge in [-0.05, 0) is 44.9 Å². The van der Waals surface area contributed by atoms with Gasteiger partial charge in [-0.2, -0.15) is 0 Å². The van der Waals surface area contributed by atoms with Crippen LogP contribution in [-0.4, -0.2) is 36.4 Å². The second-order valence-electron chi connectivity index (χ2n) is 15.8. The molecule has 0 saturated heterocycles. The second-order valence-corrected chi connectivity index (χ2v) is 15.8. The van der Waals surface area contributed by atoms with E-state index in [-0.39, 0.29) is 25.2 Å². The lowest BCUT2D eigenvalue weighted by atomic mass is 10.0. The van der Waals surface area contributed by atoms with E-state index in [1.54, 1.807) is 0 Å². The zero-order valence-corrected chi connectivity index (χ0v) is 36.0. The quantitative estimate of drug-likeness (QED) is 0.0381. The molecule has 54 heavy (non-hydrogen) atoms. The number of rotatable bonds is 43. The van der Waals surface area contributed by atoms with Gasteiger partial charge in [-0.15, -0.1) is 0 Å². The molecule has 0 saturated carbocycles. The third kappa shape index (κ3) is 42.9. The smallest absolute Gasteiger partial charge is 0.306 e. The molecule has 0 heterocycles. The third-order valence-corrected chi connectivity index (χ3v) is 10.4. The zero-order chi connectivity index (χ0) is 39.3. The Morgan fingerprint density at radius 3 is 1.20 bits per heavy atom. The summed E-state index contributed by atoms with van der Waals surface area (Å²) in [4.78, 5) is 24.4. The first-order valence-corrected chi connectivity index (χ1v) is 23.5. The van der Waals surface area contributed by atoms with Crippen LogP contribution in [0.1, 0.15) is 245 Å². The number of carbonyl (C=O) groups excluding carboxylic acids is 2. The van der Waals surface area contributed by atoms with Crippen molar-refractivity contribution in [3.63, 3.8) is 0 Å². The molecule has 0 amide bonds. The van der Waals surface area contributed by atoms with E-state index in [1.165, 1.54) is 154 Å². The maximum absolute atomic E-state index is 12.2. The van der Waals surface area contributed by atoms with Gasteiger partial charge in [-0.25, -0.2) is 0 Å². The lowest BCUT2D eigenvalue weighted by Crippen LogP contribution is -2.28. The molecule has 5 heteroatoms. The summed E-state index contributed by atoms with van der Waals surface area (Å²) in [7, 11) is 0. The Morgan fingerprint density at radius 2 is 0.796 bits per heavy atom. The summed E-state index contributed by atoms with van der Waals surface area (Å²) in [5.74, 6) is -0.592. The number of ether oxygens (including phenoxy) is 2. The molecule has 0 aliphatic carbocycles. The predicted molar refractivity (Wildman–Crippen MR) is 233 cm³/mol. The van der Waals surface area contributed by atoms with Crippen LogP contribution < -0.4 is 0 Å². The number of allylic oxidation sites excluding steroid dienone is 6. The first-order chi connectivity index (χ1) is 26.6. The third-order valence-electron chi connectivity index (χ3n) is 10.4. The lowest BCUT2D eigenvalue weighted by Gasteiger charge is -2.15. The SMILES string of the molecule is CC/C=C\C/C=C\C/C=C\CCCCCCCCCC(=O)OC(CO)COC(=O)CCCCCCCCCCCCCCCCCCCCCCCCC. The molecule has 1 N–H and O–H groups in total. The van der Waals surface area contributed by atoms with Crippen LogP contribution >= 0.6 is 0 Å². The fourth-order valence-electron chi connectivity index (χ4n) is 6.92. The molecule has 0 aromatic carbocycles. The summed E-state index contributed by atoms with van der Waals surface area (Å²) >= 11 is 0. The van der Waals surface area contributed by atoms with Gasteiger partial charge < -0.3 is 14.6 Å². The maximum atomic E-state index is 12.2. The van der Waals surface area contributed by atoms with E-state index >= 15 is 0 Å². The van der Waals surface area contributed by atoms with E-state index in [0.29, 0.717) is 12.8 Å². The number of carbonyl (C=O) groups is 2. The van der Waals surface area contributed by atoms with Crippen molar-refractivity contribution in [3.8, 4) is 0 Å². The van der Waals surface area contributed by atoms with Crippen LogP contribution in [0.25, 0.3) is 0 Å². The van der Waals surface area contributed by atoms with E-state index < -0.39 is 6.10 Å². The molecule has 0 spiro atoms. The first kappa shape index (κ1) is 52.1. The lowest BCUT2D eigenvalue weighted by molar-refractivity contribution is -0.161. The highest BCUT2D eigenvalue weighted by Gasteiger charge is 2.16.